The lowest BCUT2D eigenvalue weighted by molar-refractivity contribution is 0.0772. The molecule has 1 amide bonds. The fourth-order valence-corrected chi connectivity index (χ4v) is 4.06. The number of aromatic amines is 1. The molecule has 3 aromatic rings. The van der Waals surface area contributed by atoms with E-state index in [9.17, 15) is 4.79 Å². The summed E-state index contributed by atoms with van der Waals surface area (Å²) in [6.07, 6.45) is 5.02. The number of carbonyl (C=O) groups is 1. The van der Waals surface area contributed by atoms with Gasteiger partial charge in [0.15, 0.2) is 11.5 Å². The molecule has 6 heteroatoms. The Balaban J connectivity index is 1.58. The van der Waals surface area contributed by atoms with E-state index in [-0.39, 0.29) is 5.91 Å². The Hall–Kier alpha value is -3.41. The van der Waals surface area contributed by atoms with E-state index in [1.807, 2.05) is 4.90 Å². The second kappa shape index (κ2) is 8.14. The number of fused-ring (bicyclic) bond motifs is 1. The molecule has 0 unspecified atom stereocenters. The molecule has 0 radical (unpaired) electrons. The van der Waals surface area contributed by atoms with Gasteiger partial charge < -0.3 is 24.1 Å². The van der Waals surface area contributed by atoms with Crippen LogP contribution < -0.4 is 14.2 Å². The van der Waals surface area contributed by atoms with E-state index < -0.39 is 0 Å². The Labute approximate surface area is 176 Å². The molecule has 0 fully saturated rings. The highest BCUT2D eigenvalue weighted by Crippen LogP contribution is 2.39. The van der Waals surface area contributed by atoms with Crippen molar-refractivity contribution in [2.45, 2.75) is 13.3 Å². The van der Waals surface area contributed by atoms with Gasteiger partial charge in [-0.15, -0.1) is 0 Å². The Bertz CT molecular complexity index is 1100. The van der Waals surface area contributed by atoms with E-state index >= 15 is 0 Å². The van der Waals surface area contributed by atoms with Crippen molar-refractivity contribution in [3.05, 3.63) is 59.3 Å². The minimum absolute atomic E-state index is 0.0562. The molecule has 1 N–H and O–H groups in total. The van der Waals surface area contributed by atoms with Crippen LogP contribution in [0.4, 0.5) is 0 Å². The van der Waals surface area contributed by atoms with Crippen molar-refractivity contribution in [2.75, 3.05) is 34.4 Å². The highest BCUT2D eigenvalue weighted by molar-refractivity contribution is 5.97. The first kappa shape index (κ1) is 19.9. The van der Waals surface area contributed by atoms with Crippen LogP contribution in [0, 0.1) is 6.92 Å². The van der Waals surface area contributed by atoms with Crippen molar-refractivity contribution in [1.82, 2.24) is 9.88 Å². The van der Waals surface area contributed by atoms with Gasteiger partial charge in [-0.3, -0.25) is 4.79 Å². The number of amides is 1. The largest absolute Gasteiger partial charge is 0.493 e. The van der Waals surface area contributed by atoms with E-state index in [2.05, 4.69) is 42.4 Å². The zero-order chi connectivity index (χ0) is 21.3. The monoisotopic (exact) mass is 406 g/mol. The Kier molecular flexibility index (Phi) is 5.40. The number of hydrogen-bond donors (Lipinski definition) is 1. The predicted molar refractivity (Wildman–Crippen MR) is 118 cm³/mol. The minimum Gasteiger partial charge on any atom is -0.493 e. The Morgan fingerprint density at radius 1 is 1.07 bits per heavy atom. The second-order valence-electron chi connectivity index (χ2n) is 7.34. The number of benzene rings is 2. The molecule has 30 heavy (non-hydrogen) atoms. The number of H-pyrrole nitrogens is 1. The molecule has 6 nitrogen and oxygen atoms in total. The lowest BCUT2D eigenvalue weighted by Crippen LogP contribution is -2.34. The van der Waals surface area contributed by atoms with E-state index in [1.54, 1.807) is 33.5 Å². The first-order chi connectivity index (χ1) is 14.6. The smallest absolute Gasteiger partial charge is 0.254 e. The average Bonchev–Trinajstić information content (AvgIpc) is 3.23. The first-order valence-electron chi connectivity index (χ1n) is 9.92. The van der Waals surface area contributed by atoms with E-state index in [1.165, 1.54) is 27.6 Å². The summed E-state index contributed by atoms with van der Waals surface area (Å²) in [6, 6.07) is 9.73. The molecule has 0 aliphatic carbocycles. The van der Waals surface area contributed by atoms with Gasteiger partial charge in [-0.1, -0.05) is 24.3 Å². The molecular weight excluding hydrogens is 380 g/mol. The number of hydrogen-bond acceptors (Lipinski definition) is 4. The van der Waals surface area contributed by atoms with Crippen molar-refractivity contribution in [2.24, 2.45) is 0 Å². The number of carbonyl (C=O) groups excluding carboxylic acids is 1. The number of aryl methyl sites for hydroxylation is 1. The number of aromatic nitrogens is 1. The molecule has 2 aromatic carbocycles. The number of rotatable bonds is 5. The van der Waals surface area contributed by atoms with Crippen molar-refractivity contribution in [3.63, 3.8) is 0 Å². The summed E-state index contributed by atoms with van der Waals surface area (Å²) in [5.41, 5.74) is 5.40. The lowest BCUT2D eigenvalue weighted by atomic mass is 9.97. The maximum absolute atomic E-state index is 13.1. The molecule has 0 atom stereocenters. The highest BCUT2D eigenvalue weighted by Gasteiger charge is 2.23. The maximum Gasteiger partial charge on any atom is 0.254 e. The third-order valence-corrected chi connectivity index (χ3v) is 5.68. The van der Waals surface area contributed by atoms with Crippen LogP contribution in [0.2, 0.25) is 0 Å². The van der Waals surface area contributed by atoms with Crippen LogP contribution in [0.1, 0.15) is 27.9 Å². The molecule has 4 rings (SSSR count). The molecule has 0 saturated heterocycles. The topological polar surface area (TPSA) is 63.8 Å². The van der Waals surface area contributed by atoms with E-state index in [0.717, 1.165) is 6.42 Å². The van der Waals surface area contributed by atoms with Crippen LogP contribution in [0.15, 0.2) is 42.6 Å². The summed E-state index contributed by atoms with van der Waals surface area (Å²) in [6.45, 7) is 3.32. The fourth-order valence-electron chi connectivity index (χ4n) is 4.06. The second-order valence-corrected chi connectivity index (χ2v) is 7.34. The number of nitrogens with one attached hydrogen (secondary N) is 1. The van der Waals surface area contributed by atoms with Gasteiger partial charge in [0.1, 0.15) is 0 Å². The van der Waals surface area contributed by atoms with Gasteiger partial charge in [0.25, 0.3) is 5.91 Å². The van der Waals surface area contributed by atoms with Crippen LogP contribution in [0.3, 0.4) is 0 Å². The van der Waals surface area contributed by atoms with Crippen LogP contribution in [0.5, 0.6) is 17.2 Å². The lowest BCUT2D eigenvalue weighted by Gasteiger charge is -2.27. The quantitative estimate of drug-likeness (QED) is 0.681. The molecule has 2 heterocycles. The molecular formula is C24H26N2O4. The SMILES string of the molecule is COc1cc(C(=O)N2CC=C(c3c[nH]c4c(C)cccc34)CC2)cc(OC)c1OC. The van der Waals surface area contributed by atoms with Crippen molar-refractivity contribution >= 4 is 22.4 Å². The maximum atomic E-state index is 13.1. The summed E-state index contributed by atoms with van der Waals surface area (Å²) in [4.78, 5) is 18.4. The van der Waals surface area contributed by atoms with Crippen molar-refractivity contribution in [1.29, 1.82) is 0 Å². The van der Waals surface area contributed by atoms with Crippen molar-refractivity contribution < 1.29 is 19.0 Å². The zero-order valence-corrected chi connectivity index (χ0v) is 17.7. The number of ether oxygens (including phenoxy) is 3. The molecule has 1 aromatic heterocycles. The Morgan fingerprint density at radius 2 is 1.80 bits per heavy atom. The first-order valence-corrected chi connectivity index (χ1v) is 9.92. The zero-order valence-electron chi connectivity index (χ0n) is 17.7. The normalized spacial score (nSPS) is 13.9. The van der Waals surface area contributed by atoms with Gasteiger partial charge in [-0.05, 0) is 36.6 Å². The predicted octanol–water partition coefficient (Wildman–Crippen LogP) is 4.43. The average molecular weight is 406 g/mol. The standard InChI is InChI=1S/C24H26N2O4/c1-15-6-5-7-18-19(14-25-22(15)18)16-8-10-26(11-9-16)24(27)17-12-20(28-2)23(30-4)21(13-17)29-3/h5-8,12-14,25H,9-11H2,1-4H3. The highest BCUT2D eigenvalue weighted by atomic mass is 16.5. The van der Waals surface area contributed by atoms with Crippen LogP contribution in [0.25, 0.3) is 16.5 Å². The molecule has 0 saturated carbocycles. The molecule has 156 valence electrons. The van der Waals surface area contributed by atoms with Crippen molar-refractivity contribution in [3.8, 4) is 17.2 Å². The Morgan fingerprint density at radius 3 is 2.40 bits per heavy atom. The third kappa shape index (κ3) is 3.38. The molecule has 0 spiro atoms. The fraction of sp³-hybridized carbons (Fsp3) is 0.292. The summed E-state index contributed by atoms with van der Waals surface area (Å²) in [7, 11) is 4.64. The van der Waals surface area contributed by atoms with Crippen LogP contribution >= 0.6 is 0 Å². The van der Waals surface area contributed by atoms with Gasteiger partial charge in [0.2, 0.25) is 5.75 Å². The molecule has 1 aliphatic rings. The van der Waals surface area contributed by atoms with E-state index in [0.29, 0.717) is 35.9 Å². The summed E-state index contributed by atoms with van der Waals surface area (Å²) >= 11 is 0. The third-order valence-electron chi connectivity index (χ3n) is 5.68. The van der Waals surface area contributed by atoms with Crippen LogP contribution in [-0.4, -0.2) is 50.2 Å². The van der Waals surface area contributed by atoms with Gasteiger partial charge in [-0.2, -0.15) is 0 Å². The van der Waals surface area contributed by atoms with Gasteiger partial charge >= 0.3 is 0 Å². The minimum atomic E-state index is -0.0562. The number of para-hydroxylation sites is 1. The number of nitrogens with zero attached hydrogens (tertiary/aromatic N) is 1. The van der Waals surface area contributed by atoms with Gasteiger partial charge in [-0.25, -0.2) is 0 Å². The van der Waals surface area contributed by atoms with Gasteiger partial charge in [0, 0.05) is 41.3 Å². The molecule has 1 aliphatic heterocycles. The van der Waals surface area contributed by atoms with Gasteiger partial charge in [0.05, 0.1) is 21.3 Å². The summed E-state index contributed by atoms with van der Waals surface area (Å²) in [5, 5.41) is 1.23. The summed E-state index contributed by atoms with van der Waals surface area (Å²) < 4.78 is 16.1. The molecule has 0 bridgehead atoms. The summed E-state index contributed by atoms with van der Waals surface area (Å²) in [5.74, 6) is 1.37. The van der Waals surface area contributed by atoms with E-state index in [4.69, 9.17) is 14.2 Å². The number of methoxy groups -OCH3 is 3. The van der Waals surface area contributed by atoms with Crippen LogP contribution in [-0.2, 0) is 0 Å².